The Morgan fingerprint density at radius 1 is 1.05 bits per heavy atom. The molecule has 2 aromatic carbocycles. The Balaban J connectivity index is 1.96. The molecule has 20 heavy (non-hydrogen) atoms. The maximum Gasteiger partial charge on any atom is 0.118 e. The first kappa shape index (κ1) is 14.2. The largest absolute Gasteiger partial charge is 0.497 e. The Kier molecular flexibility index (Phi) is 5.23. The van der Waals surface area contributed by atoms with Crippen molar-refractivity contribution < 1.29 is 4.74 Å². The highest BCUT2D eigenvalue weighted by molar-refractivity contribution is 5.50. The highest BCUT2D eigenvalue weighted by atomic mass is 16.5. The van der Waals surface area contributed by atoms with Crippen LogP contribution in [0.2, 0.25) is 0 Å². The van der Waals surface area contributed by atoms with Crippen molar-refractivity contribution in [2.24, 2.45) is 0 Å². The Morgan fingerprint density at radius 3 is 2.40 bits per heavy atom. The maximum atomic E-state index is 5.14. The summed E-state index contributed by atoms with van der Waals surface area (Å²) < 4.78 is 5.14. The van der Waals surface area contributed by atoms with Crippen molar-refractivity contribution in [3.63, 3.8) is 0 Å². The van der Waals surface area contributed by atoms with Crippen LogP contribution in [-0.2, 0) is 6.42 Å². The van der Waals surface area contributed by atoms with Gasteiger partial charge in [0, 0.05) is 0 Å². The first-order chi connectivity index (χ1) is 9.78. The summed E-state index contributed by atoms with van der Waals surface area (Å²) in [6, 6.07) is 18.6. The fourth-order valence-corrected chi connectivity index (χ4v) is 1.96. The van der Waals surface area contributed by atoms with E-state index in [1.165, 1.54) is 11.1 Å². The van der Waals surface area contributed by atoms with Crippen molar-refractivity contribution in [3.05, 3.63) is 77.0 Å². The molecule has 2 aromatic rings. The van der Waals surface area contributed by atoms with Gasteiger partial charge in [-0.2, -0.15) is 0 Å². The van der Waals surface area contributed by atoms with Crippen LogP contribution >= 0.6 is 0 Å². The second-order valence-electron chi connectivity index (χ2n) is 4.83. The number of ether oxygens (including phenoxy) is 1. The predicted octanol–water partition coefficient (Wildman–Crippen LogP) is 4.89. The Bertz CT molecular complexity index is 587. The molecule has 0 aliphatic heterocycles. The van der Waals surface area contributed by atoms with Crippen molar-refractivity contribution in [1.29, 1.82) is 0 Å². The third kappa shape index (κ3) is 4.46. The minimum absolute atomic E-state index is 0.881. The van der Waals surface area contributed by atoms with Crippen molar-refractivity contribution in [2.45, 2.75) is 19.8 Å². The zero-order valence-electron chi connectivity index (χ0n) is 12.1. The average molecular weight is 264 g/mol. The fraction of sp³-hybridized carbons (Fsp3) is 0.211. The molecule has 0 spiro atoms. The highest BCUT2D eigenvalue weighted by Gasteiger charge is 1.93. The molecule has 2 rings (SSSR count). The molecule has 0 aliphatic carbocycles. The molecule has 0 saturated carbocycles. The second kappa shape index (κ2) is 7.37. The van der Waals surface area contributed by atoms with Crippen LogP contribution in [0.4, 0.5) is 0 Å². The van der Waals surface area contributed by atoms with Crippen molar-refractivity contribution in [3.8, 4) is 5.75 Å². The molecular weight excluding hydrogens is 244 g/mol. The van der Waals surface area contributed by atoms with E-state index in [1.54, 1.807) is 7.11 Å². The van der Waals surface area contributed by atoms with Gasteiger partial charge in [0.15, 0.2) is 0 Å². The molecule has 0 aliphatic rings. The zero-order valence-corrected chi connectivity index (χ0v) is 12.1. The van der Waals surface area contributed by atoms with Crippen molar-refractivity contribution >= 4 is 6.08 Å². The molecule has 0 aromatic heterocycles. The average Bonchev–Trinajstić information content (AvgIpc) is 2.52. The standard InChI is InChI=1S/C19H20O/c1-16(8-10-17-6-4-3-5-7-17)9-11-18-12-14-19(20-2)15-13-18/h3-7,11-15H,8,10H2,1-2H3. The minimum Gasteiger partial charge on any atom is -0.497 e. The molecular formula is C19H20O. The van der Waals surface area contributed by atoms with Crippen LogP contribution in [0.25, 0.3) is 6.08 Å². The highest BCUT2D eigenvalue weighted by Crippen LogP contribution is 2.13. The second-order valence-corrected chi connectivity index (χ2v) is 4.83. The van der Waals surface area contributed by atoms with Crippen molar-refractivity contribution in [1.82, 2.24) is 0 Å². The van der Waals surface area contributed by atoms with Gasteiger partial charge in [-0.25, -0.2) is 0 Å². The molecule has 0 N–H and O–H groups in total. The number of aryl methyl sites for hydroxylation is 1. The number of hydrogen-bond acceptors (Lipinski definition) is 1. The number of hydrogen-bond donors (Lipinski definition) is 0. The van der Waals surface area contributed by atoms with E-state index in [2.05, 4.69) is 43.0 Å². The summed E-state index contributed by atoms with van der Waals surface area (Å²) in [5.41, 5.74) is 7.14. The molecule has 0 amide bonds. The summed E-state index contributed by atoms with van der Waals surface area (Å²) in [5, 5.41) is 0. The number of methoxy groups -OCH3 is 1. The number of rotatable bonds is 5. The third-order valence-electron chi connectivity index (χ3n) is 3.23. The van der Waals surface area contributed by atoms with Crippen LogP contribution in [0.1, 0.15) is 24.5 Å². The minimum atomic E-state index is 0.881. The summed E-state index contributed by atoms with van der Waals surface area (Å²) in [6.07, 6.45) is 4.13. The molecule has 1 nitrogen and oxygen atoms in total. The van der Waals surface area contributed by atoms with E-state index in [-0.39, 0.29) is 0 Å². The fourth-order valence-electron chi connectivity index (χ4n) is 1.96. The van der Waals surface area contributed by atoms with Crippen LogP contribution in [0.15, 0.2) is 65.9 Å². The predicted molar refractivity (Wildman–Crippen MR) is 84.9 cm³/mol. The summed E-state index contributed by atoms with van der Waals surface area (Å²) in [7, 11) is 1.68. The van der Waals surface area contributed by atoms with E-state index < -0.39 is 0 Å². The van der Waals surface area contributed by atoms with Gasteiger partial charge in [-0.1, -0.05) is 42.5 Å². The van der Waals surface area contributed by atoms with Crippen LogP contribution in [0.3, 0.4) is 0 Å². The van der Waals surface area contributed by atoms with Crippen molar-refractivity contribution in [2.75, 3.05) is 7.11 Å². The molecule has 0 saturated heterocycles. The van der Waals surface area contributed by atoms with Gasteiger partial charge in [0.1, 0.15) is 5.75 Å². The molecule has 0 unspecified atom stereocenters. The first-order valence-corrected chi connectivity index (χ1v) is 6.88. The van der Waals surface area contributed by atoms with E-state index in [0.717, 1.165) is 24.2 Å². The van der Waals surface area contributed by atoms with Gasteiger partial charge >= 0.3 is 0 Å². The van der Waals surface area contributed by atoms with Gasteiger partial charge in [-0.15, -0.1) is 5.73 Å². The van der Waals surface area contributed by atoms with E-state index in [4.69, 9.17) is 4.74 Å². The van der Waals surface area contributed by atoms with Gasteiger partial charge < -0.3 is 4.74 Å². The van der Waals surface area contributed by atoms with Gasteiger partial charge in [-0.05, 0) is 54.7 Å². The lowest BCUT2D eigenvalue weighted by molar-refractivity contribution is 0.415. The number of allylic oxidation sites excluding steroid dienone is 1. The topological polar surface area (TPSA) is 9.23 Å². The van der Waals surface area contributed by atoms with Gasteiger partial charge in [0.25, 0.3) is 0 Å². The first-order valence-electron chi connectivity index (χ1n) is 6.88. The van der Waals surface area contributed by atoms with Gasteiger partial charge in [0.05, 0.1) is 7.11 Å². The van der Waals surface area contributed by atoms with E-state index in [1.807, 2.05) is 30.3 Å². The summed E-state index contributed by atoms with van der Waals surface area (Å²) in [5.74, 6) is 0.881. The van der Waals surface area contributed by atoms with Crippen LogP contribution < -0.4 is 4.74 Å². The maximum absolute atomic E-state index is 5.14. The summed E-state index contributed by atoms with van der Waals surface area (Å²) in [4.78, 5) is 0. The lowest BCUT2D eigenvalue weighted by Gasteiger charge is -2.00. The number of benzene rings is 2. The lowest BCUT2D eigenvalue weighted by atomic mass is 10.1. The van der Waals surface area contributed by atoms with Crippen LogP contribution in [0.5, 0.6) is 5.75 Å². The van der Waals surface area contributed by atoms with E-state index in [0.29, 0.717) is 0 Å². The molecule has 0 atom stereocenters. The van der Waals surface area contributed by atoms with Gasteiger partial charge in [-0.3, -0.25) is 0 Å². The third-order valence-corrected chi connectivity index (χ3v) is 3.23. The lowest BCUT2D eigenvalue weighted by Crippen LogP contribution is -1.85. The smallest absolute Gasteiger partial charge is 0.118 e. The van der Waals surface area contributed by atoms with E-state index >= 15 is 0 Å². The molecule has 102 valence electrons. The normalized spacial score (nSPS) is 9.70. The monoisotopic (exact) mass is 264 g/mol. The van der Waals surface area contributed by atoms with E-state index in [9.17, 15) is 0 Å². The zero-order chi connectivity index (χ0) is 14.2. The van der Waals surface area contributed by atoms with Gasteiger partial charge in [0.2, 0.25) is 0 Å². The molecule has 0 fully saturated rings. The summed E-state index contributed by atoms with van der Waals surface area (Å²) >= 11 is 0. The Labute approximate surface area is 121 Å². The molecule has 0 bridgehead atoms. The van der Waals surface area contributed by atoms with Crippen LogP contribution in [0, 0.1) is 0 Å². The molecule has 0 radical (unpaired) electrons. The summed E-state index contributed by atoms with van der Waals surface area (Å²) in [6.45, 7) is 2.13. The Hall–Kier alpha value is -2.24. The quantitative estimate of drug-likeness (QED) is 0.699. The Morgan fingerprint density at radius 2 is 1.75 bits per heavy atom. The van der Waals surface area contributed by atoms with Crippen LogP contribution in [-0.4, -0.2) is 7.11 Å². The molecule has 0 heterocycles. The SMILES string of the molecule is COc1ccc(C=C=C(C)CCc2ccccc2)cc1. The molecule has 1 heteroatoms.